The van der Waals surface area contributed by atoms with Crippen molar-refractivity contribution in [2.45, 2.75) is 19.3 Å². The molecule has 0 amide bonds. The molecule has 3 nitrogen and oxygen atoms in total. The quantitative estimate of drug-likeness (QED) is 0.810. The molecule has 76 valence electrons. The SMILES string of the molecule is O=C(O)CCc1ccnc(C(F)F)c1. The Hall–Kier alpha value is -1.52. The van der Waals surface area contributed by atoms with E-state index in [-0.39, 0.29) is 18.5 Å². The molecule has 0 spiro atoms. The maximum absolute atomic E-state index is 12.2. The molecule has 0 unspecified atom stereocenters. The van der Waals surface area contributed by atoms with Crippen molar-refractivity contribution in [2.75, 3.05) is 0 Å². The molecule has 1 rings (SSSR count). The van der Waals surface area contributed by atoms with Crippen LogP contribution in [0.1, 0.15) is 24.1 Å². The lowest BCUT2D eigenvalue weighted by atomic mass is 10.1. The van der Waals surface area contributed by atoms with Crippen LogP contribution in [0.2, 0.25) is 0 Å². The van der Waals surface area contributed by atoms with Gasteiger partial charge in [0.05, 0.1) is 0 Å². The number of rotatable bonds is 4. The van der Waals surface area contributed by atoms with Gasteiger partial charge in [0.2, 0.25) is 0 Å². The van der Waals surface area contributed by atoms with Gasteiger partial charge in [-0.25, -0.2) is 8.78 Å². The number of alkyl halides is 2. The Balaban J connectivity index is 2.68. The summed E-state index contributed by atoms with van der Waals surface area (Å²) in [6, 6.07) is 2.77. The first-order chi connectivity index (χ1) is 6.59. The average molecular weight is 201 g/mol. The summed E-state index contributed by atoms with van der Waals surface area (Å²) in [5.74, 6) is -0.944. The molecule has 0 aliphatic rings. The highest BCUT2D eigenvalue weighted by Gasteiger charge is 2.09. The van der Waals surface area contributed by atoms with Crippen LogP contribution >= 0.6 is 0 Å². The number of nitrogens with zero attached hydrogens (tertiary/aromatic N) is 1. The molecule has 1 N–H and O–H groups in total. The van der Waals surface area contributed by atoms with Crippen LogP contribution in [0.15, 0.2) is 18.3 Å². The average Bonchev–Trinajstić information content (AvgIpc) is 2.15. The molecule has 0 fully saturated rings. The zero-order chi connectivity index (χ0) is 10.6. The Morgan fingerprint density at radius 3 is 2.86 bits per heavy atom. The molecule has 0 saturated carbocycles. The van der Waals surface area contributed by atoms with Gasteiger partial charge in [0.25, 0.3) is 6.43 Å². The first-order valence-electron chi connectivity index (χ1n) is 4.04. The Morgan fingerprint density at radius 1 is 1.57 bits per heavy atom. The minimum absolute atomic E-state index is 0.0628. The summed E-state index contributed by atoms with van der Waals surface area (Å²) >= 11 is 0. The van der Waals surface area contributed by atoms with E-state index in [2.05, 4.69) is 4.98 Å². The zero-order valence-corrected chi connectivity index (χ0v) is 7.28. The van der Waals surface area contributed by atoms with Crippen molar-refractivity contribution in [3.63, 3.8) is 0 Å². The second kappa shape index (κ2) is 4.64. The molecule has 1 heterocycles. The van der Waals surface area contributed by atoms with Crippen LogP contribution in [0, 0.1) is 0 Å². The summed E-state index contributed by atoms with van der Waals surface area (Å²) < 4.78 is 24.3. The fraction of sp³-hybridized carbons (Fsp3) is 0.333. The van der Waals surface area contributed by atoms with Gasteiger partial charge in [-0.3, -0.25) is 9.78 Å². The maximum Gasteiger partial charge on any atom is 0.303 e. The molecule has 0 radical (unpaired) electrons. The third kappa shape index (κ3) is 3.08. The smallest absolute Gasteiger partial charge is 0.303 e. The second-order valence-electron chi connectivity index (χ2n) is 2.78. The monoisotopic (exact) mass is 201 g/mol. The summed E-state index contributed by atoms with van der Waals surface area (Å²) in [5.41, 5.74) is 0.255. The van der Waals surface area contributed by atoms with E-state index in [4.69, 9.17) is 5.11 Å². The van der Waals surface area contributed by atoms with Crippen LogP contribution < -0.4 is 0 Å². The molecule has 14 heavy (non-hydrogen) atoms. The first-order valence-corrected chi connectivity index (χ1v) is 4.04. The second-order valence-corrected chi connectivity index (χ2v) is 2.78. The Bertz CT molecular complexity index is 328. The van der Waals surface area contributed by atoms with Crippen molar-refractivity contribution in [1.29, 1.82) is 0 Å². The van der Waals surface area contributed by atoms with E-state index in [0.29, 0.717) is 5.56 Å². The number of hydrogen-bond acceptors (Lipinski definition) is 2. The van der Waals surface area contributed by atoms with Crippen LogP contribution in [-0.2, 0) is 11.2 Å². The summed E-state index contributed by atoms with van der Waals surface area (Å²) in [4.78, 5) is 13.7. The standard InChI is InChI=1S/C9H9F2NO2/c10-9(11)7-5-6(3-4-12-7)1-2-8(13)14/h3-5,9H,1-2H2,(H,13,14). The molecule has 0 aromatic carbocycles. The van der Waals surface area contributed by atoms with Gasteiger partial charge < -0.3 is 5.11 Å². The third-order valence-corrected chi connectivity index (χ3v) is 1.70. The number of aryl methyl sites for hydroxylation is 1. The Kier molecular flexibility index (Phi) is 3.50. The number of carboxylic acids is 1. The van der Waals surface area contributed by atoms with Crippen molar-refractivity contribution in [3.8, 4) is 0 Å². The lowest BCUT2D eigenvalue weighted by molar-refractivity contribution is -0.136. The number of aromatic nitrogens is 1. The van der Waals surface area contributed by atoms with Crippen LogP contribution in [0.3, 0.4) is 0 Å². The van der Waals surface area contributed by atoms with E-state index in [9.17, 15) is 13.6 Å². The maximum atomic E-state index is 12.2. The molecular formula is C9H9F2NO2. The van der Waals surface area contributed by atoms with Crippen molar-refractivity contribution < 1.29 is 18.7 Å². The molecule has 5 heteroatoms. The van der Waals surface area contributed by atoms with E-state index in [1.165, 1.54) is 18.3 Å². The summed E-state index contributed by atoms with van der Waals surface area (Å²) in [5, 5.41) is 8.39. The van der Waals surface area contributed by atoms with Gasteiger partial charge >= 0.3 is 5.97 Å². The molecule has 0 bridgehead atoms. The van der Waals surface area contributed by atoms with Gasteiger partial charge in [-0.2, -0.15) is 0 Å². The van der Waals surface area contributed by atoms with Gasteiger partial charge in [-0.1, -0.05) is 0 Å². The van der Waals surface area contributed by atoms with E-state index >= 15 is 0 Å². The lowest BCUT2D eigenvalue weighted by Gasteiger charge is -2.01. The third-order valence-electron chi connectivity index (χ3n) is 1.70. The molecule has 1 aromatic heterocycles. The Labute approximate surface area is 79.4 Å². The van der Waals surface area contributed by atoms with Crippen LogP contribution in [-0.4, -0.2) is 16.1 Å². The fourth-order valence-corrected chi connectivity index (χ4v) is 1.02. The number of carbonyl (C=O) groups is 1. The largest absolute Gasteiger partial charge is 0.481 e. The topological polar surface area (TPSA) is 50.2 Å². The van der Waals surface area contributed by atoms with Gasteiger partial charge in [0.15, 0.2) is 0 Å². The fourth-order valence-electron chi connectivity index (χ4n) is 1.02. The van der Waals surface area contributed by atoms with Crippen LogP contribution in [0.4, 0.5) is 8.78 Å². The van der Waals surface area contributed by atoms with Gasteiger partial charge in [0.1, 0.15) is 5.69 Å². The lowest BCUT2D eigenvalue weighted by Crippen LogP contribution is -1.99. The van der Waals surface area contributed by atoms with Crippen molar-refractivity contribution >= 4 is 5.97 Å². The summed E-state index contributed by atoms with van der Waals surface area (Å²) in [6.07, 6.45) is -1.16. The number of carboxylic acid groups (broad SMARTS) is 1. The van der Waals surface area contributed by atoms with Crippen molar-refractivity contribution in [1.82, 2.24) is 4.98 Å². The molecule has 0 atom stereocenters. The molecular weight excluding hydrogens is 192 g/mol. The highest BCUT2D eigenvalue weighted by molar-refractivity contribution is 5.67. The summed E-state index contributed by atoms with van der Waals surface area (Å²) in [6.45, 7) is 0. The first kappa shape index (κ1) is 10.6. The zero-order valence-electron chi connectivity index (χ0n) is 7.28. The van der Waals surface area contributed by atoms with Gasteiger partial charge in [-0.15, -0.1) is 0 Å². The number of aliphatic carboxylic acids is 1. The molecule has 1 aromatic rings. The minimum Gasteiger partial charge on any atom is -0.481 e. The van der Waals surface area contributed by atoms with E-state index in [1.54, 1.807) is 0 Å². The van der Waals surface area contributed by atoms with Crippen molar-refractivity contribution in [3.05, 3.63) is 29.6 Å². The van der Waals surface area contributed by atoms with Crippen LogP contribution in [0.25, 0.3) is 0 Å². The number of halogens is 2. The van der Waals surface area contributed by atoms with E-state index < -0.39 is 12.4 Å². The predicted octanol–water partition coefficient (Wildman–Crippen LogP) is 2.04. The van der Waals surface area contributed by atoms with Crippen LogP contribution in [0.5, 0.6) is 0 Å². The number of hydrogen-bond donors (Lipinski definition) is 1. The van der Waals surface area contributed by atoms with Gasteiger partial charge in [-0.05, 0) is 24.1 Å². The van der Waals surface area contributed by atoms with Gasteiger partial charge in [0, 0.05) is 12.6 Å². The predicted molar refractivity (Wildman–Crippen MR) is 45.2 cm³/mol. The molecule has 0 aliphatic heterocycles. The minimum atomic E-state index is -2.61. The summed E-state index contributed by atoms with van der Waals surface area (Å²) in [7, 11) is 0. The highest BCUT2D eigenvalue weighted by Crippen LogP contribution is 2.17. The normalized spacial score (nSPS) is 10.5. The van der Waals surface area contributed by atoms with Crippen molar-refractivity contribution in [2.24, 2.45) is 0 Å². The number of pyridine rings is 1. The van der Waals surface area contributed by atoms with E-state index in [1.807, 2.05) is 0 Å². The Morgan fingerprint density at radius 2 is 2.29 bits per heavy atom. The molecule has 0 saturated heterocycles. The van der Waals surface area contributed by atoms with E-state index in [0.717, 1.165) is 0 Å². The highest BCUT2D eigenvalue weighted by atomic mass is 19.3. The molecule has 0 aliphatic carbocycles.